The van der Waals surface area contributed by atoms with E-state index < -0.39 is 11.7 Å². The van der Waals surface area contributed by atoms with Gasteiger partial charge in [-0.15, -0.1) is 0 Å². The Morgan fingerprint density at radius 2 is 1.96 bits per heavy atom. The largest absolute Gasteiger partial charge is 0.493 e. The molecule has 2 aromatic rings. The number of hydrogen-bond acceptors (Lipinski definition) is 5. The molecule has 0 fully saturated rings. The lowest BCUT2D eigenvalue weighted by molar-refractivity contribution is -0.123. The van der Waals surface area contributed by atoms with Crippen LogP contribution in [0.3, 0.4) is 0 Å². The van der Waals surface area contributed by atoms with Gasteiger partial charge in [0.25, 0.3) is 5.91 Å². The van der Waals surface area contributed by atoms with E-state index in [0.29, 0.717) is 23.3 Å². The van der Waals surface area contributed by atoms with E-state index in [9.17, 15) is 14.0 Å². The Labute approximate surface area is 154 Å². The summed E-state index contributed by atoms with van der Waals surface area (Å²) in [5.41, 5.74) is 5.35. The lowest BCUT2D eigenvalue weighted by Gasteiger charge is -2.13. The SMILES string of the molecule is COc1cc(C=O)ccc1OCC(=O)NNC(=S)Nc1ccccc1F. The molecule has 0 radical (unpaired) electrons. The van der Waals surface area contributed by atoms with Crippen LogP contribution in [0.2, 0.25) is 0 Å². The molecule has 3 N–H and O–H groups in total. The van der Waals surface area contributed by atoms with Crippen molar-refractivity contribution in [2.24, 2.45) is 0 Å². The minimum absolute atomic E-state index is 0.0105. The van der Waals surface area contributed by atoms with Crippen LogP contribution < -0.4 is 25.6 Å². The Morgan fingerprint density at radius 3 is 2.65 bits per heavy atom. The van der Waals surface area contributed by atoms with Crippen molar-refractivity contribution in [2.75, 3.05) is 19.0 Å². The molecule has 2 rings (SSSR count). The third kappa shape index (κ3) is 5.42. The molecule has 1 amide bonds. The zero-order chi connectivity index (χ0) is 18.9. The first-order valence-electron chi connectivity index (χ1n) is 7.40. The van der Waals surface area contributed by atoms with E-state index in [1.807, 2.05) is 0 Å². The molecular formula is C17H16FN3O4S. The van der Waals surface area contributed by atoms with Gasteiger partial charge in [0.05, 0.1) is 12.8 Å². The molecule has 2 aromatic carbocycles. The van der Waals surface area contributed by atoms with Gasteiger partial charge < -0.3 is 14.8 Å². The minimum atomic E-state index is -0.524. The number of methoxy groups -OCH3 is 1. The fourth-order valence-electron chi connectivity index (χ4n) is 1.90. The van der Waals surface area contributed by atoms with Crippen LogP contribution in [-0.4, -0.2) is 31.0 Å². The van der Waals surface area contributed by atoms with Crippen LogP contribution >= 0.6 is 12.2 Å². The summed E-state index contributed by atoms with van der Waals surface area (Å²) in [4.78, 5) is 22.5. The number of aldehydes is 1. The van der Waals surface area contributed by atoms with Crippen LogP contribution in [0.4, 0.5) is 10.1 Å². The number of carbonyl (C=O) groups is 2. The molecule has 7 nitrogen and oxygen atoms in total. The minimum Gasteiger partial charge on any atom is -0.493 e. The number of benzene rings is 2. The summed E-state index contributed by atoms with van der Waals surface area (Å²) in [5.74, 6) is -0.367. The molecule has 0 aliphatic heterocycles. The van der Waals surface area contributed by atoms with Crippen molar-refractivity contribution in [1.29, 1.82) is 0 Å². The highest BCUT2D eigenvalue weighted by Gasteiger charge is 2.09. The lowest BCUT2D eigenvalue weighted by atomic mass is 10.2. The predicted octanol–water partition coefficient (Wildman–Crippen LogP) is 2.04. The van der Waals surface area contributed by atoms with Gasteiger partial charge in [0.2, 0.25) is 0 Å². The fraction of sp³-hybridized carbons (Fsp3) is 0.118. The summed E-state index contributed by atoms with van der Waals surface area (Å²) in [6.07, 6.45) is 0.673. The zero-order valence-corrected chi connectivity index (χ0v) is 14.6. The first-order valence-corrected chi connectivity index (χ1v) is 7.80. The van der Waals surface area contributed by atoms with Crippen molar-refractivity contribution in [1.82, 2.24) is 10.9 Å². The van der Waals surface area contributed by atoms with Crippen molar-refractivity contribution in [3.05, 3.63) is 53.8 Å². The maximum absolute atomic E-state index is 13.5. The van der Waals surface area contributed by atoms with Gasteiger partial charge in [-0.05, 0) is 42.5 Å². The summed E-state index contributed by atoms with van der Waals surface area (Å²) < 4.78 is 23.9. The van der Waals surface area contributed by atoms with E-state index in [-0.39, 0.29) is 17.4 Å². The first-order chi connectivity index (χ1) is 12.5. The number of carbonyl (C=O) groups excluding carboxylic acids is 2. The Bertz CT molecular complexity index is 816. The third-order valence-corrected chi connectivity index (χ3v) is 3.32. The van der Waals surface area contributed by atoms with E-state index in [1.54, 1.807) is 12.1 Å². The number of hydrazine groups is 1. The number of anilines is 1. The van der Waals surface area contributed by atoms with Gasteiger partial charge in [-0.1, -0.05) is 12.1 Å². The number of nitrogens with one attached hydrogen (secondary N) is 3. The summed E-state index contributed by atoms with van der Waals surface area (Å²) in [7, 11) is 1.42. The van der Waals surface area contributed by atoms with E-state index in [1.165, 1.54) is 37.4 Å². The molecule has 0 unspecified atom stereocenters. The number of hydrogen-bond donors (Lipinski definition) is 3. The average molecular weight is 377 g/mol. The van der Waals surface area contributed by atoms with Gasteiger partial charge in [0, 0.05) is 5.56 Å². The van der Waals surface area contributed by atoms with Crippen LogP contribution in [0.25, 0.3) is 0 Å². The number of para-hydroxylation sites is 1. The first kappa shape index (κ1) is 19.1. The summed E-state index contributed by atoms with van der Waals surface area (Å²) >= 11 is 4.96. The molecule has 0 atom stereocenters. The molecule has 0 bridgehead atoms. The summed E-state index contributed by atoms with van der Waals surface area (Å²) in [6.45, 7) is -0.327. The number of amides is 1. The lowest BCUT2D eigenvalue weighted by Crippen LogP contribution is -2.45. The molecule has 0 aliphatic carbocycles. The summed E-state index contributed by atoms with van der Waals surface area (Å²) in [5, 5.41) is 2.62. The van der Waals surface area contributed by atoms with Crippen LogP contribution in [0.5, 0.6) is 11.5 Å². The zero-order valence-electron chi connectivity index (χ0n) is 13.7. The van der Waals surface area contributed by atoms with Crippen LogP contribution in [0.1, 0.15) is 10.4 Å². The number of ether oxygens (including phenoxy) is 2. The summed E-state index contributed by atoms with van der Waals surface area (Å²) in [6, 6.07) is 10.5. The van der Waals surface area contributed by atoms with Crippen molar-refractivity contribution in [2.45, 2.75) is 0 Å². The second kappa shape index (κ2) is 9.33. The third-order valence-electron chi connectivity index (χ3n) is 3.12. The van der Waals surface area contributed by atoms with E-state index in [0.717, 1.165) is 0 Å². The van der Waals surface area contributed by atoms with Crippen molar-refractivity contribution in [3.8, 4) is 11.5 Å². The predicted molar refractivity (Wildman–Crippen MR) is 97.8 cm³/mol. The second-order valence-electron chi connectivity index (χ2n) is 4.92. The van der Waals surface area contributed by atoms with Gasteiger partial charge in [0.15, 0.2) is 23.2 Å². The quantitative estimate of drug-likeness (QED) is 0.403. The number of rotatable bonds is 6. The molecule has 0 aromatic heterocycles. The monoisotopic (exact) mass is 377 g/mol. The number of thiocarbonyl (C=S) groups is 1. The highest BCUT2D eigenvalue weighted by atomic mass is 32.1. The van der Waals surface area contributed by atoms with Crippen molar-refractivity contribution in [3.63, 3.8) is 0 Å². The Kier molecular flexibility index (Phi) is 6.86. The van der Waals surface area contributed by atoms with Crippen LogP contribution in [-0.2, 0) is 4.79 Å². The van der Waals surface area contributed by atoms with Gasteiger partial charge >= 0.3 is 0 Å². The van der Waals surface area contributed by atoms with Gasteiger partial charge in [-0.3, -0.25) is 20.4 Å². The van der Waals surface area contributed by atoms with Gasteiger partial charge in [-0.25, -0.2) is 4.39 Å². The highest BCUT2D eigenvalue weighted by molar-refractivity contribution is 7.80. The maximum Gasteiger partial charge on any atom is 0.276 e. The topological polar surface area (TPSA) is 88.7 Å². The van der Waals surface area contributed by atoms with E-state index >= 15 is 0 Å². The smallest absolute Gasteiger partial charge is 0.276 e. The highest BCUT2D eigenvalue weighted by Crippen LogP contribution is 2.27. The molecular weight excluding hydrogens is 361 g/mol. The Balaban J connectivity index is 1.81. The van der Waals surface area contributed by atoms with Crippen LogP contribution in [0.15, 0.2) is 42.5 Å². The molecule has 0 heterocycles. The second-order valence-corrected chi connectivity index (χ2v) is 5.33. The number of halogens is 1. The van der Waals surface area contributed by atoms with Crippen molar-refractivity contribution >= 4 is 35.2 Å². The van der Waals surface area contributed by atoms with E-state index in [2.05, 4.69) is 16.2 Å². The molecule has 0 spiro atoms. The maximum atomic E-state index is 13.5. The van der Waals surface area contributed by atoms with Gasteiger partial charge in [0.1, 0.15) is 12.1 Å². The van der Waals surface area contributed by atoms with Gasteiger partial charge in [-0.2, -0.15) is 0 Å². The van der Waals surface area contributed by atoms with Crippen molar-refractivity contribution < 1.29 is 23.5 Å². The molecule has 9 heteroatoms. The molecule has 0 saturated heterocycles. The molecule has 0 aliphatic rings. The molecule has 136 valence electrons. The Morgan fingerprint density at radius 1 is 1.19 bits per heavy atom. The molecule has 26 heavy (non-hydrogen) atoms. The van der Waals surface area contributed by atoms with E-state index in [4.69, 9.17) is 21.7 Å². The fourth-order valence-corrected chi connectivity index (χ4v) is 2.06. The molecule has 0 saturated carbocycles. The Hall–Kier alpha value is -3.20. The standard InChI is InChI=1S/C17H16FN3O4S/c1-24-15-8-11(9-22)6-7-14(15)25-10-16(23)20-21-17(26)19-13-5-3-2-4-12(13)18/h2-9H,10H2,1H3,(H,20,23)(H2,19,21,26). The van der Waals surface area contributed by atoms with Crippen LogP contribution in [0, 0.1) is 5.82 Å². The normalized spacial score (nSPS) is 9.77. The average Bonchev–Trinajstić information content (AvgIpc) is 2.66.